The van der Waals surface area contributed by atoms with E-state index in [9.17, 15) is 4.79 Å². The molecule has 0 saturated carbocycles. The highest BCUT2D eigenvalue weighted by Crippen LogP contribution is 2.36. The maximum Gasteiger partial charge on any atom is 0.232 e. The molecule has 7 nitrogen and oxygen atoms in total. The molecule has 4 rings (SSSR count). The highest BCUT2D eigenvalue weighted by molar-refractivity contribution is 7.13. The van der Waals surface area contributed by atoms with Crippen molar-refractivity contribution in [3.63, 3.8) is 0 Å². The number of carbonyl (C=O) groups excluding carboxylic acids is 1. The zero-order valence-corrected chi connectivity index (χ0v) is 13.6. The lowest BCUT2D eigenvalue weighted by Crippen LogP contribution is -2.14. The van der Waals surface area contributed by atoms with Crippen molar-refractivity contribution in [3.8, 4) is 22.8 Å². The molecule has 0 atom stereocenters. The lowest BCUT2D eigenvalue weighted by atomic mass is 10.1. The van der Waals surface area contributed by atoms with Gasteiger partial charge in [0.15, 0.2) is 22.4 Å². The summed E-state index contributed by atoms with van der Waals surface area (Å²) in [6.45, 7) is 2.10. The molecule has 2 aromatic heterocycles. The summed E-state index contributed by atoms with van der Waals surface area (Å²) in [6, 6.07) is 7.24. The van der Waals surface area contributed by atoms with E-state index in [1.54, 1.807) is 6.07 Å². The minimum atomic E-state index is -0.185. The molecular weight excluding hydrogens is 330 g/mol. The lowest BCUT2D eigenvalue weighted by Gasteiger charge is -1.98. The number of thiazole rings is 1. The number of fused-ring (bicyclic) bond motifs is 1. The van der Waals surface area contributed by atoms with Crippen molar-refractivity contribution in [1.82, 2.24) is 10.1 Å². The largest absolute Gasteiger partial charge is 0.454 e. The fourth-order valence-electron chi connectivity index (χ4n) is 2.32. The standard InChI is InChI=1S/C16H13N3O4S/c1-9-7-24-16(17-9)18-15(20)6-11-5-13(23-19-11)10-2-3-12-14(4-10)22-8-21-12/h2-5,7H,6,8H2,1H3,(H,17,18,20). The molecule has 0 bridgehead atoms. The molecule has 0 radical (unpaired) electrons. The van der Waals surface area contributed by atoms with Gasteiger partial charge >= 0.3 is 0 Å². The minimum absolute atomic E-state index is 0.118. The topological polar surface area (TPSA) is 86.5 Å². The van der Waals surface area contributed by atoms with E-state index in [2.05, 4.69) is 15.5 Å². The Hall–Kier alpha value is -2.87. The second-order valence-corrected chi connectivity index (χ2v) is 6.13. The predicted octanol–water partition coefficient (Wildman–Crippen LogP) is 3.02. The first-order valence-corrected chi connectivity index (χ1v) is 8.13. The summed E-state index contributed by atoms with van der Waals surface area (Å²) in [7, 11) is 0. The van der Waals surface area contributed by atoms with Gasteiger partial charge in [-0.25, -0.2) is 4.98 Å². The van der Waals surface area contributed by atoms with Gasteiger partial charge in [0, 0.05) is 17.0 Å². The van der Waals surface area contributed by atoms with Crippen LogP contribution >= 0.6 is 11.3 Å². The molecule has 122 valence electrons. The van der Waals surface area contributed by atoms with Crippen LogP contribution in [0.25, 0.3) is 11.3 Å². The fourth-order valence-corrected chi connectivity index (χ4v) is 3.02. The highest BCUT2D eigenvalue weighted by Gasteiger charge is 2.17. The second-order valence-electron chi connectivity index (χ2n) is 5.27. The smallest absolute Gasteiger partial charge is 0.232 e. The average Bonchev–Trinajstić information content (AvgIpc) is 3.27. The van der Waals surface area contributed by atoms with Gasteiger partial charge in [-0.2, -0.15) is 0 Å². The molecule has 1 aliphatic rings. The number of amides is 1. The molecule has 3 aromatic rings. The predicted molar refractivity (Wildman–Crippen MR) is 87.2 cm³/mol. The zero-order chi connectivity index (χ0) is 16.5. The number of nitrogens with zero attached hydrogens (tertiary/aromatic N) is 2. The first-order chi connectivity index (χ1) is 11.7. The normalized spacial score (nSPS) is 12.4. The van der Waals surface area contributed by atoms with Crippen LogP contribution in [0.1, 0.15) is 11.4 Å². The van der Waals surface area contributed by atoms with Crippen LogP contribution in [0.5, 0.6) is 11.5 Å². The van der Waals surface area contributed by atoms with Gasteiger partial charge in [-0.05, 0) is 25.1 Å². The van der Waals surface area contributed by atoms with E-state index in [4.69, 9.17) is 14.0 Å². The van der Waals surface area contributed by atoms with E-state index in [1.165, 1.54) is 11.3 Å². The molecule has 0 saturated heterocycles. The van der Waals surface area contributed by atoms with E-state index in [0.29, 0.717) is 28.1 Å². The van der Waals surface area contributed by atoms with Crippen LogP contribution in [0, 0.1) is 6.92 Å². The molecular formula is C16H13N3O4S. The molecule has 1 aromatic carbocycles. The number of nitrogens with one attached hydrogen (secondary N) is 1. The number of hydrogen-bond donors (Lipinski definition) is 1. The van der Waals surface area contributed by atoms with Crippen LogP contribution in [0.4, 0.5) is 5.13 Å². The summed E-state index contributed by atoms with van der Waals surface area (Å²) in [6.07, 6.45) is 0.118. The molecule has 0 unspecified atom stereocenters. The van der Waals surface area contributed by atoms with E-state index < -0.39 is 0 Å². The number of aryl methyl sites for hydroxylation is 1. The van der Waals surface area contributed by atoms with Crippen LogP contribution in [-0.4, -0.2) is 22.8 Å². The molecule has 24 heavy (non-hydrogen) atoms. The summed E-state index contributed by atoms with van der Waals surface area (Å²) >= 11 is 1.39. The van der Waals surface area contributed by atoms with Crippen molar-refractivity contribution in [1.29, 1.82) is 0 Å². The molecule has 3 heterocycles. The summed E-state index contributed by atoms with van der Waals surface area (Å²) in [4.78, 5) is 16.2. The maximum atomic E-state index is 12.0. The Morgan fingerprint density at radius 3 is 3.00 bits per heavy atom. The third kappa shape index (κ3) is 2.95. The van der Waals surface area contributed by atoms with Gasteiger partial charge in [0.05, 0.1) is 17.8 Å². The average molecular weight is 343 g/mol. The monoisotopic (exact) mass is 343 g/mol. The zero-order valence-electron chi connectivity index (χ0n) is 12.7. The SMILES string of the molecule is Cc1csc(NC(=O)Cc2cc(-c3ccc4c(c3)OCO4)on2)n1. The maximum absolute atomic E-state index is 12.0. The number of carbonyl (C=O) groups is 1. The van der Waals surface area contributed by atoms with Crippen molar-refractivity contribution >= 4 is 22.4 Å². The van der Waals surface area contributed by atoms with Crippen molar-refractivity contribution < 1.29 is 18.8 Å². The van der Waals surface area contributed by atoms with Crippen LogP contribution in [0.15, 0.2) is 34.2 Å². The summed E-state index contributed by atoms with van der Waals surface area (Å²) in [5, 5.41) is 9.15. The Kier molecular flexibility index (Phi) is 3.66. The van der Waals surface area contributed by atoms with Crippen molar-refractivity contribution in [2.75, 3.05) is 12.1 Å². The van der Waals surface area contributed by atoms with E-state index >= 15 is 0 Å². The van der Waals surface area contributed by atoms with Crippen LogP contribution in [-0.2, 0) is 11.2 Å². The summed E-state index contributed by atoms with van der Waals surface area (Å²) < 4.78 is 16.0. The number of benzene rings is 1. The van der Waals surface area contributed by atoms with Gasteiger partial charge in [0.25, 0.3) is 0 Å². The van der Waals surface area contributed by atoms with E-state index in [-0.39, 0.29) is 19.1 Å². The van der Waals surface area contributed by atoms with Crippen molar-refractivity contribution in [2.24, 2.45) is 0 Å². The molecule has 1 N–H and O–H groups in total. The van der Waals surface area contributed by atoms with Gasteiger partial charge in [-0.3, -0.25) is 4.79 Å². The van der Waals surface area contributed by atoms with Crippen LogP contribution in [0.3, 0.4) is 0 Å². The Bertz CT molecular complexity index is 902. The first kappa shape index (κ1) is 14.7. The van der Waals surface area contributed by atoms with E-state index in [1.807, 2.05) is 30.5 Å². The fraction of sp³-hybridized carbons (Fsp3) is 0.188. The quantitative estimate of drug-likeness (QED) is 0.783. The number of ether oxygens (including phenoxy) is 2. The summed E-state index contributed by atoms with van der Waals surface area (Å²) in [5.41, 5.74) is 2.24. The highest BCUT2D eigenvalue weighted by atomic mass is 32.1. The third-order valence-corrected chi connectivity index (χ3v) is 4.30. The third-order valence-electron chi connectivity index (χ3n) is 3.42. The molecule has 0 aliphatic carbocycles. The molecule has 0 fully saturated rings. The lowest BCUT2D eigenvalue weighted by molar-refractivity contribution is -0.115. The number of hydrogen-bond acceptors (Lipinski definition) is 7. The second kappa shape index (κ2) is 5.97. The van der Waals surface area contributed by atoms with Crippen molar-refractivity contribution in [2.45, 2.75) is 13.3 Å². The molecule has 0 spiro atoms. The number of aromatic nitrogens is 2. The molecule has 1 aliphatic heterocycles. The first-order valence-electron chi connectivity index (χ1n) is 7.25. The van der Waals surface area contributed by atoms with Crippen molar-refractivity contribution in [3.05, 3.63) is 41.0 Å². The van der Waals surface area contributed by atoms with E-state index in [0.717, 1.165) is 11.3 Å². The van der Waals surface area contributed by atoms with Crippen LogP contribution < -0.4 is 14.8 Å². The van der Waals surface area contributed by atoms with Gasteiger partial charge in [-0.15, -0.1) is 11.3 Å². The minimum Gasteiger partial charge on any atom is -0.454 e. The Morgan fingerprint density at radius 1 is 1.29 bits per heavy atom. The number of rotatable bonds is 4. The van der Waals surface area contributed by atoms with Gasteiger partial charge in [0.2, 0.25) is 12.7 Å². The summed E-state index contributed by atoms with van der Waals surface area (Å²) in [5.74, 6) is 1.76. The Labute approximate surface area is 141 Å². The van der Waals surface area contributed by atoms with Gasteiger partial charge < -0.3 is 19.3 Å². The van der Waals surface area contributed by atoms with Gasteiger partial charge in [0.1, 0.15) is 0 Å². The number of anilines is 1. The molecule has 1 amide bonds. The molecule has 8 heteroatoms. The Morgan fingerprint density at radius 2 is 2.17 bits per heavy atom. The Balaban J connectivity index is 1.45. The van der Waals surface area contributed by atoms with Gasteiger partial charge in [-0.1, -0.05) is 5.16 Å². The van der Waals surface area contributed by atoms with Crippen LogP contribution in [0.2, 0.25) is 0 Å².